The van der Waals surface area contributed by atoms with Gasteiger partial charge in [-0.1, -0.05) is 0 Å². The summed E-state index contributed by atoms with van der Waals surface area (Å²) in [5.74, 6) is 0.370. The van der Waals surface area contributed by atoms with Gasteiger partial charge in [0, 0.05) is 6.04 Å². The summed E-state index contributed by atoms with van der Waals surface area (Å²) in [4.78, 5) is 3.58. The number of hydrogen-bond donors (Lipinski definition) is 1. The highest BCUT2D eigenvalue weighted by Gasteiger charge is 2.27. The third-order valence-electron chi connectivity index (χ3n) is 2.45. The topological polar surface area (TPSA) is 24.9 Å². The Morgan fingerprint density at radius 1 is 1.54 bits per heavy atom. The zero-order chi connectivity index (χ0) is 9.26. The predicted molar refractivity (Wildman–Crippen MR) is 50.0 cm³/mol. The first-order chi connectivity index (χ1) is 6.25. The predicted octanol–water partition coefficient (Wildman–Crippen LogP) is 2.43. The van der Waals surface area contributed by atoms with E-state index in [1.54, 1.807) is 6.07 Å². The number of nitrogens with one attached hydrogen (secondary N) is 1. The second kappa shape index (κ2) is 3.32. The molecular formula is C10H13FN2. The van der Waals surface area contributed by atoms with Crippen molar-refractivity contribution in [2.24, 2.45) is 5.92 Å². The number of halogens is 1. The van der Waals surface area contributed by atoms with Gasteiger partial charge in [0.2, 0.25) is 5.95 Å². The lowest BCUT2D eigenvalue weighted by Gasteiger charge is -2.13. The largest absolute Gasteiger partial charge is 0.381 e. The maximum absolute atomic E-state index is 12.5. The van der Waals surface area contributed by atoms with Gasteiger partial charge < -0.3 is 5.32 Å². The Balaban J connectivity index is 1.96. The van der Waals surface area contributed by atoms with E-state index < -0.39 is 5.95 Å². The van der Waals surface area contributed by atoms with E-state index >= 15 is 0 Å². The van der Waals surface area contributed by atoms with Gasteiger partial charge in [-0.05, 0) is 37.8 Å². The molecule has 2 nitrogen and oxygen atoms in total. The fourth-order valence-corrected chi connectivity index (χ4v) is 1.44. The normalized spacial score (nSPS) is 18.3. The molecule has 0 bridgehead atoms. The van der Waals surface area contributed by atoms with Gasteiger partial charge in [0.25, 0.3) is 0 Å². The average Bonchev–Trinajstić information content (AvgIpc) is 2.91. The minimum atomic E-state index is -0.426. The van der Waals surface area contributed by atoms with Crippen LogP contribution in [0.15, 0.2) is 18.3 Å². The van der Waals surface area contributed by atoms with Gasteiger partial charge in [0.1, 0.15) is 0 Å². The molecule has 0 saturated heterocycles. The molecule has 1 saturated carbocycles. The van der Waals surface area contributed by atoms with E-state index in [0.29, 0.717) is 6.04 Å². The van der Waals surface area contributed by atoms with Gasteiger partial charge in [-0.25, -0.2) is 4.98 Å². The van der Waals surface area contributed by atoms with E-state index in [9.17, 15) is 4.39 Å². The molecule has 1 aliphatic carbocycles. The summed E-state index contributed by atoms with van der Waals surface area (Å²) in [5, 5.41) is 3.30. The van der Waals surface area contributed by atoms with E-state index in [2.05, 4.69) is 17.2 Å². The first-order valence-electron chi connectivity index (χ1n) is 4.64. The fraction of sp³-hybridized carbons (Fsp3) is 0.500. The summed E-state index contributed by atoms with van der Waals surface area (Å²) in [6.07, 6.45) is 4.15. The van der Waals surface area contributed by atoms with Crippen molar-refractivity contribution in [1.29, 1.82) is 0 Å². The highest BCUT2D eigenvalue weighted by atomic mass is 19.1. The molecule has 1 aromatic rings. The molecule has 0 spiro atoms. The Labute approximate surface area is 77.2 Å². The molecule has 1 N–H and O–H groups in total. The van der Waals surface area contributed by atoms with E-state index in [1.807, 2.05) is 0 Å². The first kappa shape index (κ1) is 8.48. The molecule has 1 fully saturated rings. The molecule has 0 aliphatic heterocycles. The van der Waals surface area contributed by atoms with Gasteiger partial charge in [0.05, 0.1) is 11.9 Å². The minimum Gasteiger partial charge on any atom is -0.381 e. The second-order valence-corrected chi connectivity index (χ2v) is 3.64. The van der Waals surface area contributed by atoms with Crippen LogP contribution in [0.2, 0.25) is 0 Å². The fourth-order valence-electron chi connectivity index (χ4n) is 1.44. The van der Waals surface area contributed by atoms with Crippen LogP contribution in [0.1, 0.15) is 19.8 Å². The van der Waals surface area contributed by atoms with Crippen molar-refractivity contribution in [3.8, 4) is 0 Å². The zero-order valence-electron chi connectivity index (χ0n) is 7.63. The standard InChI is InChI=1S/C10H13FN2/c1-7(8-2-3-8)13-9-4-5-10(11)12-6-9/h4-8,13H,2-3H2,1H3. The third-order valence-corrected chi connectivity index (χ3v) is 2.45. The summed E-state index contributed by atoms with van der Waals surface area (Å²) in [7, 11) is 0. The maximum atomic E-state index is 12.5. The van der Waals surface area contributed by atoms with Crippen LogP contribution >= 0.6 is 0 Å². The lowest BCUT2D eigenvalue weighted by atomic mass is 10.2. The van der Waals surface area contributed by atoms with Crippen LogP contribution in [-0.2, 0) is 0 Å². The molecule has 0 radical (unpaired) electrons. The van der Waals surface area contributed by atoms with Crippen LogP contribution < -0.4 is 5.32 Å². The SMILES string of the molecule is CC(Nc1ccc(F)nc1)C1CC1. The Morgan fingerprint density at radius 2 is 2.31 bits per heavy atom. The van der Waals surface area contributed by atoms with Crippen molar-refractivity contribution in [2.75, 3.05) is 5.32 Å². The molecular weight excluding hydrogens is 167 g/mol. The Kier molecular flexibility index (Phi) is 2.17. The van der Waals surface area contributed by atoms with Crippen molar-refractivity contribution in [3.63, 3.8) is 0 Å². The van der Waals surface area contributed by atoms with E-state index in [4.69, 9.17) is 0 Å². The van der Waals surface area contributed by atoms with Gasteiger partial charge in [-0.15, -0.1) is 0 Å². The Hall–Kier alpha value is -1.12. The number of aromatic nitrogens is 1. The Morgan fingerprint density at radius 3 is 2.85 bits per heavy atom. The van der Waals surface area contributed by atoms with Crippen LogP contribution in [-0.4, -0.2) is 11.0 Å². The second-order valence-electron chi connectivity index (χ2n) is 3.64. The van der Waals surface area contributed by atoms with E-state index in [0.717, 1.165) is 11.6 Å². The molecule has 3 heteroatoms. The molecule has 1 aromatic heterocycles. The number of pyridine rings is 1. The molecule has 1 unspecified atom stereocenters. The van der Waals surface area contributed by atoms with Crippen molar-refractivity contribution < 1.29 is 4.39 Å². The number of rotatable bonds is 3. The summed E-state index contributed by atoms with van der Waals surface area (Å²) < 4.78 is 12.5. The molecule has 1 atom stereocenters. The van der Waals surface area contributed by atoms with Crippen LogP contribution in [0, 0.1) is 11.9 Å². The lowest BCUT2D eigenvalue weighted by molar-refractivity contribution is 0.583. The third kappa shape index (κ3) is 2.17. The summed E-state index contributed by atoms with van der Waals surface area (Å²) in [5.41, 5.74) is 0.904. The van der Waals surface area contributed by atoms with Gasteiger partial charge >= 0.3 is 0 Å². The average molecular weight is 180 g/mol. The van der Waals surface area contributed by atoms with Gasteiger partial charge in [-0.2, -0.15) is 4.39 Å². The van der Waals surface area contributed by atoms with Crippen molar-refractivity contribution >= 4 is 5.69 Å². The number of hydrogen-bond acceptors (Lipinski definition) is 2. The molecule has 1 heterocycles. The van der Waals surface area contributed by atoms with Crippen molar-refractivity contribution in [2.45, 2.75) is 25.8 Å². The maximum Gasteiger partial charge on any atom is 0.212 e. The highest BCUT2D eigenvalue weighted by Crippen LogP contribution is 2.33. The quantitative estimate of drug-likeness (QED) is 0.722. The monoisotopic (exact) mass is 180 g/mol. The smallest absolute Gasteiger partial charge is 0.212 e. The molecule has 70 valence electrons. The van der Waals surface area contributed by atoms with Crippen LogP contribution in [0.5, 0.6) is 0 Å². The van der Waals surface area contributed by atoms with Gasteiger partial charge in [0.15, 0.2) is 0 Å². The summed E-state index contributed by atoms with van der Waals surface area (Å²) >= 11 is 0. The van der Waals surface area contributed by atoms with Crippen molar-refractivity contribution in [3.05, 3.63) is 24.3 Å². The Bertz CT molecular complexity index is 279. The van der Waals surface area contributed by atoms with Gasteiger partial charge in [-0.3, -0.25) is 0 Å². The molecule has 0 amide bonds. The molecule has 0 aromatic carbocycles. The lowest BCUT2D eigenvalue weighted by Crippen LogP contribution is -2.17. The minimum absolute atomic E-state index is 0.426. The van der Waals surface area contributed by atoms with Crippen LogP contribution in [0.3, 0.4) is 0 Å². The zero-order valence-corrected chi connectivity index (χ0v) is 7.63. The number of anilines is 1. The number of nitrogens with zero attached hydrogens (tertiary/aromatic N) is 1. The molecule has 1 aliphatic rings. The summed E-state index contributed by atoms with van der Waals surface area (Å²) in [6, 6.07) is 3.58. The van der Waals surface area contributed by atoms with Crippen LogP contribution in [0.25, 0.3) is 0 Å². The first-order valence-corrected chi connectivity index (χ1v) is 4.64. The van der Waals surface area contributed by atoms with Crippen LogP contribution in [0.4, 0.5) is 10.1 Å². The molecule has 2 rings (SSSR count). The van der Waals surface area contributed by atoms with E-state index in [1.165, 1.54) is 25.1 Å². The highest BCUT2D eigenvalue weighted by molar-refractivity contribution is 5.41. The summed E-state index contributed by atoms with van der Waals surface area (Å²) in [6.45, 7) is 2.15. The molecule has 13 heavy (non-hydrogen) atoms. The van der Waals surface area contributed by atoms with E-state index in [-0.39, 0.29) is 0 Å². The van der Waals surface area contributed by atoms with Crippen molar-refractivity contribution in [1.82, 2.24) is 4.98 Å².